The second-order valence-corrected chi connectivity index (χ2v) is 7.05. The maximum Gasteiger partial charge on any atom is 0.0469 e. The largest absolute Gasteiger partial charge is 0.381 e. The quantitative estimate of drug-likeness (QED) is 0.588. The Morgan fingerprint density at radius 3 is 2.67 bits per heavy atom. The van der Waals surface area contributed by atoms with Gasteiger partial charge in [0.05, 0.1) is 0 Å². The van der Waals surface area contributed by atoms with Crippen molar-refractivity contribution in [2.45, 2.75) is 51.5 Å². The molecule has 21 heavy (non-hydrogen) atoms. The van der Waals surface area contributed by atoms with Crippen molar-refractivity contribution in [1.82, 2.24) is 5.32 Å². The minimum absolute atomic E-state index is 0.674. The average Bonchev–Trinajstić information content (AvgIpc) is 3.31. The fourth-order valence-corrected chi connectivity index (χ4v) is 2.71. The normalized spacial score (nSPS) is 16.1. The molecule has 1 fully saturated rings. The highest BCUT2D eigenvalue weighted by atomic mass is 79.9. The summed E-state index contributed by atoms with van der Waals surface area (Å²) in [5.41, 5.74) is 1.43. The number of ether oxygens (including phenoxy) is 1. The summed E-state index contributed by atoms with van der Waals surface area (Å²) >= 11 is 3.50. The van der Waals surface area contributed by atoms with Gasteiger partial charge in [0.1, 0.15) is 0 Å². The predicted octanol–water partition coefficient (Wildman–Crippen LogP) is 4.57. The van der Waals surface area contributed by atoms with Gasteiger partial charge in [-0.1, -0.05) is 41.4 Å². The average molecular weight is 354 g/mol. The van der Waals surface area contributed by atoms with Crippen LogP contribution >= 0.6 is 15.9 Å². The van der Waals surface area contributed by atoms with Gasteiger partial charge >= 0.3 is 0 Å². The van der Waals surface area contributed by atoms with Crippen molar-refractivity contribution in [2.24, 2.45) is 5.92 Å². The molecule has 2 nitrogen and oxygen atoms in total. The van der Waals surface area contributed by atoms with Crippen molar-refractivity contribution < 1.29 is 4.74 Å². The van der Waals surface area contributed by atoms with Crippen LogP contribution in [0.5, 0.6) is 0 Å². The maximum absolute atomic E-state index is 5.75. The Bertz CT molecular complexity index is 389. The highest BCUT2D eigenvalue weighted by molar-refractivity contribution is 9.10. The first-order chi connectivity index (χ1) is 10.3. The van der Waals surface area contributed by atoms with E-state index >= 15 is 0 Å². The van der Waals surface area contributed by atoms with Gasteiger partial charge in [0.25, 0.3) is 0 Å². The molecule has 1 unspecified atom stereocenters. The lowest BCUT2D eigenvalue weighted by Crippen LogP contribution is -2.27. The molecule has 1 aromatic carbocycles. The molecule has 3 heteroatoms. The smallest absolute Gasteiger partial charge is 0.0469 e. The first-order valence-corrected chi connectivity index (χ1v) is 9.12. The summed E-state index contributed by atoms with van der Waals surface area (Å²) in [4.78, 5) is 0. The molecular weight excluding hydrogens is 326 g/mol. The Kier molecular flexibility index (Phi) is 7.76. The van der Waals surface area contributed by atoms with Gasteiger partial charge < -0.3 is 10.1 Å². The van der Waals surface area contributed by atoms with Crippen LogP contribution in [-0.2, 0) is 11.2 Å². The van der Waals surface area contributed by atoms with Crippen LogP contribution in [0.4, 0.5) is 0 Å². The van der Waals surface area contributed by atoms with Crippen LogP contribution in [0, 0.1) is 5.92 Å². The molecular formula is C18H28BrNO. The van der Waals surface area contributed by atoms with Gasteiger partial charge in [0.2, 0.25) is 0 Å². The van der Waals surface area contributed by atoms with Crippen molar-refractivity contribution in [1.29, 1.82) is 0 Å². The molecule has 0 saturated heterocycles. The van der Waals surface area contributed by atoms with E-state index in [0.717, 1.165) is 43.1 Å². The van der Waals surface area contributed by atoms with E-state index < -0.39 is 0 Å². The second kappa shape index (κ2) is 9.60. The van der Waals surface area contributed by atoms with Gasteiger partial charge in [-0.15, -0.1) is 0 Å². The van der Waals surface area contributed by atoms with E-state index in [1.165, 1.54) is 31.2 Å². The van der Waals surface area contributed by atoms with Gasteiger partial charge in [0, 0.05) is 23.7 Å². The molecule has 1 aromatic rings. The summed E-state index contributed by atoms with van der Waals surface area (Å²) in [6.07, 6.45) is 7.41. The Morgan fingerprint density at radius 2 is 2.00 bits per heavy atom. The summed E-state index contributed by atoms with van der Waals surface area (Å²) in [7, 11) is 0. The van der Waals surface area contributed by atoms with Crippen LogP contribution in [0.1, 0.15) is 44.6 Å². The minimum atomic E-state index is 0.674. The summed E-state index contributed by atoms with van der Waals surface area (Å²) < 4.78 is 6.90. The molecule has 2 rings (SSSR count). The van der Waals surface area contributed by atoms with Gasteiger partial charge in [-0.3, -0.25) is 0 Å². The van der Waals surface area contributed by atoms with Crippen LogP contribution in [0.15, 0.2) is 28.7 Å². The molecule has 0 aliphatic heterocycles. The van der Waals surface area contributed by atoms with Crippen LogP contribution in [0.2, 0.25) is 0 Å². The fourth-order valence-electron chi connectivity index (χ4n) is 2.45. The molecule has 118 valence electrons. The third-order valence-electron chi connectivity index (χ3n) is 4.02. The van der Waals surface area contributed by atoms with Crippen LogP contribution in [0.3, 0.4) is 0 Å². The zero-order chi connectivity index (χ0) is 14.9. The number of hydrogen-bond donors (Lipinski definition) is 1. The molecule has 1 N–H and O–H groups in total. The number of nitrogens with one attached hydrogen (secondary N) is 1. The second-order valence-electron chi connectivity index (χ2n) is 6.13. The van der Waals surface area contributed by atoms with Crippen molar-refractivity contribution in [3.05, 3.63) is 34.3 Å². The summed E-state index contributed by atoms with van der Waals surface area (Å²) in [5.74, 6) is 0.674. The molecule has 0 amide bonds. The van der Waals surface area contributed by atoms with E-state index in [9.17, 15) is 0 Å². The first kappa shape index (κ1) is 17.0. The van der Waals surface area contributed by atoms with Crippen molar-refractivity contribution >= 4 is 15.9 Å². The Balaban J connectivity index is 1.74. The molecule has 0 aromatic heterocycles. The summed E-state index contributed by atoms with van der Waals surface area (Å²) in [6.45, 7) is 5.14. The van der Waals surface area contributed by atoms with Gasteiger partial charge in [-0.2, -0.15) is 0 Å². The summed E-state index contributed by atoms with van der Waals surface area (Å²) in [5, 5.41) is 3.68. The van der Waals surface area contributed by atoms with E-state index in [2.05, 4.69) is 52.4 Å². The lowest BCUT2D eigenvalue weighted by Gasteiger charge is -2.18. The van der Waals surface area contributed by atoms with Crippen molar-refractivity contribution in [2.75, 3.05) is 19.8 Å². The van der Waals surface area contributed by atoms with Gasteiger partial charge in [0.15, 0.2) is 0 Å². The van der Waals surface area contributed by atoms with E-state index in [1.807, 2.05) is 0 Å². The highest BCUT2D eigenvalue weighted by Gasteiger charge is 2.22. The third kappa shape index (κ3) is 7.44. The zero-order valence-corrected chi connectivity index (χ0v) is 14.7. The zero-order valence-electron chi connectivity index (χ0n) is 13.1. The maximum atomic E-state index is 5.75. The Morgan fingerprint density at radius 1 is 1.24 bits per heavy atom. The van der Waals surface area contributed by atoms with Crippen molar-refractivity contribution in [3.63, 3.8) is 0 Å². The topological polar surface area (TPSA) is 21.3 Å². The van der Waals surface area contributed by atoms with Crippen LogP contribution in [-0.4, -0.2) is 25.8 Å². The predicted molar refractivity (Wildman–Crippen MR) is 92.7 cm³/mol. The van der Waals surface area contributed by atoms with Crippen LogP contribution in [0.25, 0.3) is 0 Å². The van der Waals surface area contributed by atoms with E-state index in [-0.39, 0.29) is 0 Å². The van der Waals surface area contributed by atoms with E-state index in [1.54, 1.807) is 0 Å². The Hall–Kier alpha value is -0.380. The lowest BCUT2D eigenvalue weighted by atomic mass is 9.96. The standard InChI is InChI=1S/C18H28BrNO/c1-2-3-11-21-12-10-16(14-20-18-8-9-18)13-15-4-6-17(19)7-5-15/h4-7,16,18,20H,2-3,8-14H2,1H3. The number of halogens is 1. The van der Waals surface area contributed by atoms with E-state index in [0.29, 0.717) is 5.92 Å². The molecule has 0 spiro atoms. The molecule has 0 radical (unpaired) electrons. The van der Waals surface area contributed by atoms with Gasteiger partial charge in [-0.05, 0) is 62.3 Å². The summed E-state index contributed by atoms with van der Waals surface area (Å²) in [6, 6.07) is 9.52. The Labute approximate surface area is 137 Å². The number of hydrogen-bond acceptors (Lipinski definition) is 2. The fraction of sp³-hybridized carbons (Fsp3) is 0.667. The third-order valence-corrected chi connectivity index (χ3v) is 4.55. The number of unbranched alkanes of at least 4 members (excludes halogenated alkanes) is 1. The van der Waals surface area contributed by atoms with E-state index in [4.69, 9.17) is 4.74 Å². The lowest BCUT2D eigenvalue weighted by molar-refractivity contribution is 0.117. The first-order valence-electron chi connectivity index (χ1n) is 8.33. The molecule has 1 saturated carbocycles. The van der Waals surface area contributed by atoms with Gasteiger partial charge in [-0.25, -0.2) is 0 Å². The monoisotopic (exact) mass is 353 g/mol. The molecule has 1 atom stereocenters. The van der Waals surface area contributed by atoms with Crippen molar-refractivity contribution in [3.8, 4) is 0 Å². The highest BCUT2D eigenvalue weighted by Crippen LogP contribution is 2.21. The molecule has 1 aliphatic rings. The number of benzene rings is 1. The van der Waals surface area contributed by atoms with Crippen LogP contribution < -0.4 is 5.32 Å². The molecule has 0 bridgehead atoms. The number of rotatable bonds is 11. The minimum Gasteiger partial charge on any atom is -0.381 e. The molecule has 1 aliphatic carbocycles. The molecule has 0 heterocycles. The SMILES string of the molecule is CCCCOCCC(CNC1CC1)Cc1ccc(Br)cc1.